The van der Waals surface area contributed by atoms with E-state index in [2.05, 4.69) is 15.5 Å². The summed E-state index contributed by atoms with van der Waals surface area (Å²) in [6.45, 7) is 4.63. The lowest BCUT2D eigenvalue weighted by Crippen LogP contribution is -2.48. The van der Waals surface area contributed by atoms with Crippen molar-refractivity contribution in [1.29, 1.82) is 0 Å². The van der Waals surface area contributed by atoms with Gasteiger partial charge >= 0.3 is 0 Å². The maximum absolute atomic E-state index is 12.2. The number of amides is 2. The molecule has 0 aromatic heterocycles. The van der Waals surface area contributed by atoms with Gasteiger partial charge in [0.2, 0.25) is 11.8 Å². The van der Waals surface area contributed by atoms with Gasteiger partial charge in [-0.1, -0.05) is 48.9 Å². The Morgan fingerprint density at radius 2 is 1.81 bits per heavy atom. The van der Waals surface area contributed by atoms with Gasteiger partial charge in [0.15, 0.2) is 5.11 Å². The van der Waals surface area contributed by atoms with Crippen LogP contribution in [0.3, 0.4) is 0 Å². The Hall–Kier alpha value is -2.90. The van der Waals surface area contributed by atoms with Crippen LogP contribution in [0.25, 0.3) is 6.08 Å². The van der Waals surface area contributed by atoms with Crippen molar-refractivity contribution >= 4 is 58.2 Å². The summed E-state index contributed by atoms with van der Waals surface area (Å²) in [5, 5.41) is 6.49. The minimum Gasteiger partial charge on any atom is -0.366 e. The van der Waals surface area contributed by atoms with E-state index in [1.807, 2.05) is 54.3 Å². The van der Waals surface area contributed by atoms with Crippen molar-refractivity contribution in [1.82, 2.24) is 10.2 Å². The minimum absolute atomic E-state index is 0.168. The van der Waals surface area contributed by atoms with Crippen LogP contribution >= 0.6 is 23.8 Å². The van der Waals surface area contributed by atoms with Crippen LogP contribution in [0.2, 0.25) is 5.02 Å². The minimum atomic E-state index is -0.323. The standard InChI is InChI=1S/C23H25ClN4O2S/c1-2-22(30)28-14-12-27(13-15-28)20-10-9-18(24)16-19(20)25-23(31)26-21(29)11-8-17-6-4-3-5-7-17/h3-11,16H,2,12-15H2,1H3,(H2,25,26,29,31)/b11-8+. The summed E-state index contributed by atoms with van der Waals surface area (Å²) in [5.74, 6) is -0.154. The molecule has 0 radical (unpaired) electrons. The molecular formula is C23H25ClN4O2S. The number of piperazine rings is 1. The molecule has 2 aromatic carbocycles. The Bertz CT molecular complexity index is 973. The summed E-state index contributed by atoms with van der Waals surface area (Å²) in [5.41, 5.74) is 2.55. The van der Waals surface area contributed by atoms with E-state index >= 15 is 0 Å². The molecular weight excluding hydrogens is 432 g/mol. The van der Waals surface area contributed by atoms with E-state index in [9.17, 15) is 9.59 Å². The molecule has 2 amide bonds. The monoisotopic (exact) mass is 456 g/mol. The second-order valence-electron chi connectivity index (χ2n) is 7.07. The molecule has 6 nitrogen and oxygen atoms in total. The Morgan fingerprint density at radius 1 is 1.10 bits per heavy atom. The number of nitrogens with zero attached hydrogens (tertiary/aromatic N) is 2. The SMILES string of the molecule is CCC(=O)N1CCN(c2ccc(Cl)cc2NC(=S)NC(=O)/C=C/c2ccccc2)CC1. The van der Waals surface area contributed by atoms with Crippen molar-refractivity contribution in [2.75, 3.05) is 36.4 Å². The average molecular weight is 457 g/mol. The number of halogens is 1. The third kappa shape index (κ3) is 6.54. The van der Waals surface area contributed by atoms with Gasteiger partial charge in [-0.05, 0) is 42.1 Å². The molecule has 3 rings (SSSR count). The lowest BCUT2D eigenvalue weighted by molar-refractivity contribution is -0.131. The van der Waals surface area contributed by atoms with Crippen molar-refractivity contribution in [2.45, 2.75) is 13.3 Å². The number of carbonyl (C=O) groups excluding carboxylic acids is 2. The Morgan fingerprint density at radius 3 is 2.48 bits per heavy atom. The zero-order valence-corrected chi connectivity index (χ0v) is 18.9. The van der Waals surface area contributed by atoms with Gasteiger partial charge in [-0.2, -0.15) is 0 Å². The van der Waals surface area contributed by atoms with Gasteiger partial charge < -0.3 is 15.1 Å². The number of hydrogen-bond acceptors (Lipinski definition) is 4. The lowest BCUT2D eigenvalue weighted by Gasteiger charge is -2.37. The molecule has 2 aromatic rings. The molecule has 1 saturated heterocycles. The third-order valence-corrected chi connectivity index (χ3v) is 5.38. The van der Waals surface area contributed by atoms with E-state index in [0.29, 0.717) is 43.3 Å². The highest BCUT2D eigenvalue weighted by atomic mass is 35.5. The summed E-state index contributed by atoms with van der Waals surface area (Å²) >= 11 is 11.5. The van der Waals surface area contributed by atoms with Crippen LogP contribution in [0, 0.1) is 0 Å². The summed E-state index contributed by atoms with van der Waals surface area (Å²) < 4.78 is 0. The van der Waals surface area contributed by atoms with Gasteiger partial charge in [-0.3, -0.25) is 14.9 Å². The van der Waals surface area contributed by atoms with E-state index in [4.69, 9.17) is 23.8 Å². The van der Waals surface area contributed by atoms with Crippen molar-refractivity contribution in [3.8, 4) is 0 Å². The number of hydrogen-bond donors (Lipinski definition) is 2. The first-order valence-corrected chi connectivity index (χ1v) is 10.9. The fourth-order valence-electron chi connectivity index (χ4n) is 3.35. The molecule has 31 heavy (non-hydrogen) atoms. The molecule has 0 saturated carbocycles. The van der Waals surface area contributed by atoms with Gasteiger partial charge in [0.05, 0.1) is 11.4 Å². The molecule has 8 heteroatoms. The highest BCUT2D eigenvalue weighted by molar-refractivity contribution is 7.80. The molecule has 2 N–H and O–H groups in total. The van der Waals surface area contributed by atoms with Crippen molar-refractivity contribution < 1.29 is 9.59 Å². The first-order valence-electron chi connectivity index (χ1n) is 10.1. The molecule has 0 atom stereocenters. The molecule has 1 aliphatic rings. The van der Waals surface area contributed by atoms with Crippen LogP contribution in [0.5, 0.6) is 0 Å². The second kappa shape index (κ2) is 10.9. The quantitative estimate of drug-likeness (QED) is 0.527. The van der Waals surface area contributed by atoms with Gasteiger partial charge in [0, 0.05) is 43.7 Å². The first-order chi connectivity index (χ1) is 15.0. The number of benzene rings is 2. The molecule has 1 heterocycles. The van der Waals surface area contributed by atoms with Crippen LogP contribution in [0.4, 0.5) is 11.4 Å². The summed E-state index contributed by atoms with van der Waals surface area (Å²) in [4.78, 5) is 28.2. The Balaban J connectivity index is 1.63. The molecule has 1 fully saturated rings. The number of nitrogens with one attached hydrogen (secondary N) is 2. The summed E-state index contributed by atoms with van der Waals surface area (Å²) in [7, 11) is 0. The van der Waals surface area contributed by atoms with Crippen molar-refractivity contribution in [2.24, 2.45) is 0 Å². The predicted molar refractivity (Wildman–Crippen MR) is 130 cm³/mol. The molecule has 0 spiro atoms. The van der Waals surface area contributed by atoms with E-state index in [1.165, 1.54) is 6.08 Å². The fraction of sp³-hybridized carbons (Fsp3) is 0.261. The van der Waals surface area contributed by atoms with Crippen molar-refractivity contribution in [3.63, 3.8) is 0 Å². The maximum Gasteiger partial charge on any atom is 0.250 e. The number of thiocarbonyl (C=S) groups is 1. The number of carbonyl (C=O) groups is 2. The van der Waals surface area contributed by atoms with Crippen LogP contribution in [0.1, 0.15) is 18.9 Å². The van der Waals surface area contributed by atoms with E-state index < -0.39 is 0 Å². The number of rotatable bonds is 5. The summed E-state index contributed by atoms with van der Waals surface area (Å²) in [6, 6.07) is 15.1. The van der Waals surface area contributed by atoms with Crippen LogP contribution < -0.4 is 15.5 Å². The average Bonchev–Trinajstić information content (AvgIpc) is 2.78. The van der Waals surface area contributed by atoms with Crippen LogP contribution in [0.15, 0.2) is 54.6 Å². The molecule has 0 bridgehead atoms. The Labute approximate surface area is 192 Å². The predicted octanol–water partition coefficient (Wildman–Crippen LogP) is 3.93. The third-order valence-electron chi connectivity index (χ3n) is 4.95. The smallest absolute Gasteiger partial charge is 0.250 e. The topological polar surface area (TPSA) is 64.7 Å². The lowest BCUT2D eigenvalue weighted by atomic mass is 10.2. The van der Waals surface area contributed by atoms with E-state index in [1.54, 1.807) is 12.1 Å². The van der Waals surface area contributed by atoms with Crippen LogP contribution in [-0.4, -0.2) is 48.0 Å². The van der Waals surface area contributed by atoms with Gasteiger partial charge in [0.25, 0.3) is 0 Å². The normalized spacial score (nSPS) is 13.9. The molecule has 1 aliphatic heterocycles. The molecule has 0 aliphatic carbocycles. The van der Waals surface area contributed by atoms with Crippen molar-refractivity contribution in [3.05, 3.63) is 65.2 Å². The largest absolute Gasteiger partial charge is 0.366 e. The van der Waals surface area contributed by atoms with Gasteiger partial charge in [0.1, 0.15) is 0 Å². The van der Waals surface area contributed by atoms with Gasteiger partial charge in [-0.15, -0.1) is 0 Å². The summed E-state index contributed by atoms with van der Waals surface area (Å²) in [6.07, 6.45) is 3.67. The second-order valence-corrected chi connectivity index (χ2v) is 7.91. The van der Waals surface area contributed by atoms with Gasteiger partial charge in [-0.25, -0.2) is 0 Å². The molecule has 162 valence electrons. The van der Waals surface area contributed by atoms with E-state index in [-0.39, 0.29) is 16.9 Å². The number of anilines is 2. The highest BCUT2D eigenvalue weighted by Crippen LogP contribution is 2.30. The Kier molecular flexibility index (Phi) is 8.03. The zero-order valence-electron chi connectivity index (χ0n) is 17.3. The van der Waals surface area contributed by atoms with E-state index in [0.717, 1.165) is 11.3 Å². The highest BCUT2D eigenvalue weighted by Gasteiger charge is 2.22. The maximum atomic E-state index is 12.2. The molecule has 0 unspecified atom stereocenters. The fourth-order valence-corrected chi connectivity index (χ4v) is 3.73. The van der Waals surface area contributed by atoms with Crippen LogP contribution in [-0.2, 0) is 9.59 Å². The first kappa shape index (κ1) is 22.8. The zero-order chi connectivity index (χ0) is 22.2.